The Kier molecular flexibility index (Phi) is 4.95. The normalized spacial score (nSPS) is 10.5. The minimum Gasteiger partial charge on any atom is -0.251 e. The number of alkyl halides is 1. The average Bonchev–Trinajstić information content (AvgIpc) is 2.45. The largest absolute Gasteiger partial charge is 0.251 e. The number of rotatable bonds is 6. The highest BCUT2D eigenvalue weighted by Gasteiger charge is 1.97. The number of aryl methyl sites for hydroxylation is 1. The van der Waals surface area contributed by atoms with Crippen molar-refractivity contribution in [1.29, 1.82) is 0 Å². The molecular weight excluding hydrogens is 223 g/mol. The lowest BCUT2D eigenvalue weighted by Gasteiger charge is -2.04. The summed E-state index contributed by atoms with van der Waals surface area (Å²) >= 11 is 0. The molecule has 94 valence electrons. The van der Waals surface area contributed by atoms with Crippen molar-refractivity contribution >= 4 is 0 Å². The molecule has 0 atom stereocenters. The monoisotopic (exact) mass is 242 g/mol. The van der Waals surface area contributed by atoms with Crippen LogP contribution in [0.1, 0.15) is 24.8 Å². The van der Waals surface area contributed by atoms with E-state index in [9.17, 15) is 4.39 Å². The van der Waals surface area contributed by atoms with Gasteiger partial charge >= 0.3 is 0 Å². The van der Waals surface area contributed by atoms with Gasteiger partial charge in [-0.25, -0.2) is 0 Å². The Morgan fingerprint density at radius 3 is 2.00 bits per heavy atom. The van der Waals surface area contributed by atoms with Crippen LogP contribution >= 0.6 is 0 Å². The standard InChI is InChI=1S/C17H19F/c18-14-6-2-3-7-15-10-12-17(13-11-15)16-8-4-1-5-9-16/h1,4-5,8-13H,2-3,6-7,14H2. The van der Waals surface area contributed by atoms with Crippen molar-refractivity contribution in [3.63, 3.8) is 0 Å². The maximum absolute atomic E-state index is 12.0. The lowest BCUT2D eigenvalue weighted by molar-refractivity contribution is 0.456. The van der Waals surface area contributed by atoms with E-state index in [4.69, 9.17) is 0 Å². The van der Waals surface area contributed by atoms with Crippen molar-refractivity contribution < 1.29 is 4.39 Å². The first-order valence-electron chi connectivity index (χ1n) is 6.60. The van der Waals surface area contributed by atoms with E-state index in [1.807, 2.05) is 6.07 Å². The highest BCUT2D eigenvalue weighted by molar-refractivity contribution is 5.63. The summed E-state index contributed by atoms with van der Waals surface area (Å²) in [6.07, 6.45) is 3.81. The highest BCUT2D eigenvalue weighted by atomic mass is 19.1. The van der Waals surface area contributed by atoms with Crippen LogP contribution in [0, 0.1) is 0 Å². The second-order valence-electron chi connectivity index (χ2n) is 4.56. The Morgan fingerprint density at radius 2 is 1.33 bits per heavy atom. The van der Waals surface area contributed by atoms with E-state index in [0.29, 0.717) is 6.42 Å². The summed E-state index contributed by atoms with van der Waals surface area (Å²) in [6.45, 7) is -0.188. The van der Waals surface area contributed by atoms with Gasteiger partial charge in [-0.3, -0.25) is 4.39 Å². The van der Waals surface area contributed by atoms with Gasteiger partial charge < -0.3 is 0 Å². The van der Waals surface area contributed by atoms with Gasteiger partial charge in [-0.2, -0.15) is 0 Å². The fourth-order valence-corrected chi connectivity index (χ4v) is 2.09. The third-order valence-corrected chi connectivity index (χ3v) is 3.16. The molecule has 0 saturated carbocycles. The van der Waals surface area contributed by atoms with Gasteiger partial charge in [0.2, 0.25) is 0 Å². The predicted molar refractivity (Wildman–Crippen MR) is 75.4 cm³/mol. The zero-order valence-corrected chi connectivity index (χ0v) is 10.6. The zero-order valence-electron chi connectivity index (χ0n) is 10.6. The molecule has 2 aromatic carbocycles. The minimum absolute atomic E-state index is 0.188. The van der Waals surface area contributed by atoms with Gasteiger partial charge in [-0.05, 0) is 36.0 Å². The van der Waals surface area contributed by atoms with Crippen molar-refractivity contribution in [1.82, 2.24) is 0 Å². The summed E-state index contributed by atoms with van der Waals surface area (Å²) in [4.78, 5) is 0. The SMILES string of the molecule is FCCCCCc1ccc(-c2ccccc2)cc1. The molecule has 0 spiro atoms. The molecule has 2 aromatic rings. The zero-order chi connectivity index (χ0) is 12.6. The molecule has 0 nitrogen and oxygen atoms in total. The van der Waals surface area contributed by atoms with Crippen LogP contribution in [0.15, 0.2) is 54.6 Å². The first-order chi connectivity index (χ1) is 8.90. The Labute approximate surface area is 108 Å². The van der Waals surface area contributed by atoms with Gasteiger partial charge in [-0.15, -0.1) is 0 Å². The molecule has 18 heavy (non-hydrogen) atoms. The van der Waals surface area contributed by atoms with Gasteiger partial charge in [0.1, 0.15) is 0 Å². The van der Waals surface area contributed by atoms with Crippen LogP contribution in [0.3, 0.4) is 0 Å². The molecule has 0 amide bonds. The number of hydrogen-bond acceptors (Lipinski definition) is 0. The first-order valence-corrected chi connectivity index (χ1v) is 6.60. The van der Waals surface area contributed by atoms with Crippen LogP contribution in [0.25, 0.3) is 11.1 Å². The Bertz CT molecular complexity index is 445. The van der Waals surface area contributed by atoms with Crippen molar-refractivity contribution in [2.45, 2.75) is 25.7 Å². The maximum Gasteiger partial charge on any atom is 0.0894 e. The quantitative estimate of drug-likeness (QED) is 0.623. The van der Waals surface area contributed by atoms with Crippen molar-refractivity contribution in [3.8, 4) is 11.1 Å². The molecule has 0 bridgehead atoms. The molecule has 0 unspecified atom stereocenters. The number of unbranched alkanes of at least 4 members (excludes halogenated alkanes) is 2. The van der Waals surface area contributed by atoms with Gasteiger partial charge in [0.25, 0.3) is 0 Å². The molecule has 0 saturated heterocycles. The smallest absolute Gasteiger partial charge is 0.0894 e. The molecule has 0 aliphatic carbocycles. The van der Waals surface area contributed by atoms with Crippen LogP contribution in [-0.2, 0) is 6.42 Å². The average molecular weight is 242 g/mol. The first kappa shape index (κ1) is 12.8. The van der Waals surface area contributed by atoms with E-state index in [2.05, 4.69) is 48.5 Å². The van der Waals surface area contributed by atoms with Crippen LogP contribution in [0.4, 0.5) is 4.39 Å². The minimum atomic E-state index is -0.188. The molecule has 0 aromatic heterocycles. The van der Waals surface area contributed by atoms with Crippen LogP contribution in [0.2, 0.25) is 0 Å². The van der Waals surface area contributed by atoms with Gasteiger partial charge in [0.05, 0.1) is 6.67 Å². The summed E-state index contributed by atoms with van der Waals surface area (Å²) in [7, 11) is 0. The van der Waals surface area contributed by atoms with E-state index in [1.165, 1.54) is 16.7 Å². The predicted octanol–water partition coefficient (Wildman–Crippen LogP) is 5.04. The lowest BCUT2D eigenvalue weighted by Crippen LogP contribution is -1.87. The van der Waals surface area contributed by atoms with Gasteiger partial charge in [-0.1, -0.05) is 61.0 Å². The van der Waals surface area contributed by atoms with E-state index >= 15 is 0 Å². The van der Waals surface area contributed by atoms with Crippen LogP contribution < -0.4 is 0 Å². The molecule has 0 heterocycles. The summed E-state index contributed by atoms with van der Waals surface area (Å²) in [5.74, 6) is 0. The molecule has 0 radical (unpaired) electrons. The molecular formula is C17H19F. The maximum atomic E-state index is 12.0. The second kappa shape index (κ2) is 6.95. The Balaban J connectivity index is 1.94. The summed E-state index contributed by atoms with van der Waals surface area (Å²) < 4.78 is 12.0. The van der Waals surface area contributed by atoms with Gasteiger partial charge in [0.15, 0.2) is 0 Å². The number of benzene rings is 2. The van der Waals surface area contributed by atoms with Crippen molar-refractivity contribution in [2.75, 3.05) is 6.67 Å². The topological polar surface area (TPSA) is 0 Å². The van der Waals surface area contributed by atoms with Gasteiger partial charge in [0, 0.05) is 0 Å². The summed E-state index contributed by atoms with van der Waals surface area (Å²) in [6, 6.07) is 19.1. The lowest BCUT2D eigenvalue weighted by atomic mass is 10.0. The van der Waals surface area contributed by atoms with E-state index in [1.54, 1.807) is 0 Å². The molecule has 2 rings (SSSR count). The Morgan fingerprint density at radius 1 is 0.667 bits per heavy atom. The highest BCUT2D eigenvalue weighted by Crippen LogP contribution is 2.19. The molecule has 0 aliphatic rings. The fraction of sp³-hybridized carbons (Fsp3) is 0.294. The molecule has 0 N–H and O–H groups in total. The molecule has 1 heteroatoms. The van der Waals surface area contributed by atoms with Crippen molar-refractivity contribution in [2.24, 2.45) is 0 Å². The Hall–Kier alpha value is -1.63. The third kappa shape index (κ3) is 3.69. The van der Waals surface area contributed by atoms with Crippen molar-refractivity contribution in [3.05, 3.63) is 60.2 Å². The van der Waals surface area contributed by atoms with E-state index in [0.717, 1.165) is 19.3 Å². The van der Waals surface area contributed by atoms with Crippen LogP contribution in [-0.4, -0.2) is 6.67 Å². The second-order valence-corrected chi connectivity index (χ2v) is 4.56. The number of halogens is 1. The third-order valence-electron chi connectivity index (χ3n) is 3.16. The van der Waals surface area contributed by atoms with E-state index < -0.39 is 0 Å². The summed E-state index contributed by atoms with van der Waals surface area (Å²) in [5.41, 5.74) is 3.85. The van der Waals surface area contributed by atoms with E-state index in [-0.39, 0.29) is 6.67 Å². The molecule has 0 fully saturated rings. The number of hydrogen-bond donors (Lipinski definition) is 0. The van der Waals surface area contributed by atoms with Crippen LogP contribution in [0.5, 0.6) is 0 Å². The summed E-state index contributed by atoms with van der Waals surface area (Å²) in [5, 5.41) is 0. The fourth-order valence-electron chi connectivity index (χ4n) is 2.09. The molecule has 0 aliphatic heterocycles.